The Bertz CT molecular complexity index is 1880. The minimum atomic E-state index is -0.874. The molecule has 0 unspecified atom stereocenters. The molecule has 0 aliphatic heterocycles. The van der Waals surface area contributed by atoms with Crippen molar-refractivity contribution in [2.45, 2.75) is 20.0 Å². The molecule has 0 saturated carbocycles. The second kappa shape index (κ2) is 12.2. The van der Waals surface area contributed by atoms with Crippen LogP contribution in [0.5, 0.6) is 11.5 Å². The number of benzene rings is 3. The number of carbonyl (C=O) groups is 1. The summed E-state index contributed by atoms with van der Waals surface area (Å²) >= 11 is 10.6. The predicted molar refractivity (Wildman–Crippen MR) is 167 cm³/mol. The van der Waals surface area contributed by atoms with Crippen molar-refractivity contribution in [1.82, 2.24) is 9.66 Å². The number of furan rings is 1. The Kier molecular flexibility index (Phi) is 8.62. The molecule has 5 rings (SSSR count). The second-order valence-corrected chi connectivity index (χ2v) is 11.2. The molecule has 0 aliphatic carbocycles. The Morgan fingerprint density at radius 1 is 1.12 bits per heavy atom. The number of halogens is 3. The first-order valence-corrected chi connectivity index (χ1v) is 14.7. The van der Waals surface area contributed by atoms with Gasteiger partial charge in [0.2, 0.25) is 5.82 Å². The zero-order valence-electron chi connectivity index (χ0n) is 22.0. The lowest BCUT2D eigenvalue weighted by Crippen LogP contribution is -2.26. The van der Waals surface area contributed by atoms with Gasteiger partial charge in [0.25, 0.3) is 5.56 Å². The summed E-state index contributed by atoms with van der Waals surface area (Å²) in [4.78, 5) is 30.5. The van der Waals surface area contributed by atoms with Gasteiger partial charge < -0.3 is 18.6 Å². The average molecular weight is 748 g/mol. The molecule has 12 heteroatoms. The summed E-state index contributed by atoms with van der Waals surface area (Å²) in [7, 11) is 1.48. The topological polar surface area (TPSA) is 105 Å². The van der Waals surface area contributed by atoms with Gasteiger partial charge in [-0.1, -0.05) is 28.1 Å². The Hall–Kier alpha value is -3.48. The van der Waals surface area contributed by atoms with E-state index in [4.69, 9.17) is 23.6 Å². The Morgan fingerprint density at radius 2 is 1.90 bits per heavy atom. The quantitative estimate of drug-likeness (QED) is 0.121. The number of fused-ring (bicyclic) bond motifs is 2. The van der Waals surface area contributed by atoms with Crippen molar-refractivity contribution in [3.8, 4) is 23.1 Å². The molecule has 5 aromatic rings. The van der Waals surface area contributed by atoms with E-state index in [0.29, 0.717) is 48.3 Å². The SMILES string of the molecule is CCOC(=O)[C@@H](C)Oc1c(OC)cc(C=Nn2c(-c3cc4cc(Br)ccc4o3)nc3ccccc3c2=O)c(Br)c1Br. The predicted octanol–water partition coefficient (Wildman–Crippen LogP) is 7.32. The van der Waals surface area contributed by atoms with Gasteiger partial charge in [-0.3, -0.25) is 4.79 Å². The van der Waals surface area contributed by atoms with Gasteiger partial charge in [-0.05, 0) is 88.2 Å². The van der Waals surface area contributed by atoms with Gasteiger partial charge in [-0.2, -0.15) is 9.78 Å². The smallest absolute Gasteiger partial charge is 0.347 e. The largest absolute Gasteiger partial charge is 0.493 e. The first-order valence-electron chi connectivity index (χ1n) is 12.4. The molecule has 9 nitrogen and oxygen atoms in total. The first-order chi connectivity index (χ1) is 19.7. The van der Waals surface area contributed by atoms with Crippen molar-refractivity contribution in [3.63, 3.8) is 0 Å². The highest BCUT2D eigenvalue weighted by Gasteiger charge is 2.23. The third kappa shape index (κ3) is 5.81. The highest BCUT2D eigenvalue weighted by molar-refractivity contribution is 9.13. The molecule has 2 heterocycles. The first kappa shape index (κ1) is 29.0. The lowest BCUT2D eigenvalue weighted by Gasteiger charge is -2.18. The number of ether oxygens (including phenoxy) is 3. The average Bonchev–Trinajstić information content (AvgIpc) is 3.39. The van der Waals surface area contributed by atoms with E-state index < -0.39 is 12.1 Å². The molecule has 3 aromatic carbocycles. The number of rotatable bonds is 8. The van der Waals surface area contributed by atoms with Gasteiger partial charge in [0.05, 0.1) is 35.3 Å². The molecular weight excluding hydrogens is 726 g/mol. The number of carbonyl (C=O) groups excluding carboxylic acids is 1. The van der Waals surface area contributed by atoms with Crippen LogP contribution >= 0.6 is 47.8 Å². The van der Waals surface area contributed by atoms with E-state index in [9.17, 15) is 9.59 Å². The Balaban J connectivity index is 1.62. The number of para-hydroxylation sites is 1. The van der Waals surface area contributed by atoms with Crippen LogP contribution < -0.4 is 15.0 Å². The minimum absolute atomic E-state index is 0.237. The van der Waals surface area contributed by atoms with E-state index in [1.54, 1.807) is 38.1 Å². The fourth-order valence-electron chi connectivity index (χ4n) is 4.08. The third-order valence-electron chi connectivity index (χ3n) is 6.05. The summed E-state index contributed by atoms with van der Waals surface area (Å²) in [6, 6.07) is 16.2. The second-order valence-electron chi connectivity index (χ2n) is 8.74. The van der Waals surface area contributed by atoms with Crippen LogP contribution in [-0.2, 0) is 9.53 Å². The lowest BCUT2D eigenvalue weighted by atomic mass is 10.2. The molecule has 0 aliphatic rings. The number of aromatic nitrogens is 2. The van der Waals surface area contributed by atoms with Gasteiger partial charge in [0.15, 0.2) is 23.4 Å². The van der Waals surface area contributed by atoms with Crippen LogP contribution in [0.3, 0.4) is 0 Å². The van der Waals surface area contributed by atoms with Gasteiger partial charge in [-0.25, -0.2) is 9.78 Å². The van der Waals surface area contributed by atoms with E-state index in [2.05, 4.69) is 52.9 Å². The maximum Gasteiger partial charge on any atom is 0.347 e. The van der Waals surface area contributed by atoms with E-state index >= 15 is 0 Å². The summed E-state index contributed by atoms with van der Waals surface area (Å²) in [5, 5.41) is 5.79. The van der Waals surface area contributed by atoms with Crippen LogP contribution in [0.1, 0.15) is 19.4 Å². The normalized spacial score (nSPS) is 12.2. The van der Waals surface area contributed by atoms with Crippen molar-refractivity contribution in [1.29, 1.82) is 0 Å². The molecule has 210 valence electrons. The highest BCUT2D eigenvalue weighted by Crippen LogP contribution is 2.43. The minimum Gasteiger partial charge on any atom is -0.493 e. The summed E-state index contributed by atoms with van der Waals surface area (Å²) in [6.45, 7) is 3.55. The molecule has 0 saturated heterocycles. The van der Waals surface area contributed by atoms with Gasteiger partial charge in [0, 0.05) is 19.9 Å². The molecule has 0 amide bonds. The van der Waals surface area contributed by atoms with E-state index in [0.717, 1.165) is 9.86 Å². The number of methoxy groups -OCH3 is 1. The standard InChI is InChI=1S/C29H22Br3N3O6/c1-4-39-29(37)15(2)40-26-22(38-3)13-17(24(31)25(26)32)14-33-35-27(34-20-8-6-5-7-19(20)28(35)36)23-12-16-11-18(30)9-10-21(16)41-23/h5-15H,4H2,1-3H3/t15-/m1/s1. The van der Waals surface area contributed by atoms with Crippen molar-refractivity contribution < 1.29 is 23.4 Å². The van der Waals surface area contributed by atoms with Crippen molar-refractivity contribution in [2.24, 2.45) is 5.10 Å². The molecule has 2 aromatic heterocycles. The molecule has 0 radical (unpaired) electrons. The number of hydrogen-bond donors (Lipinski definition) is 0. The summed E-state index contributed by atoms with van der Waals surface area (Å²) in [5.41, 5.74) is 1.35. The lowest BCUT2D eigenvalue weighted by molar-refractivity contribution is -0.150. The molecular formula is C29H22Br3N3O6. The zero-order chi connectivity index (χ0) is 29.3. The van der Waals surface area contributed by atoms with Crippen LogP contribution in [0, 0.1) is 0 Å². The summed E-state index contributed by atoms with van der Waals surface area (Å²) < 4.78 is 25.7. The van der Waals surface area contributed by atoms with E-state index in [1.807, 2.05) is 30.3 Å². The molecule has 0 spiro atoms. The maximum absolute atomic E-state index is 13.6. The molecule has 41 heavy (non-hydrogen) atoms. The fourth-order valence-corrected chi connectivity index (χ4v) is 5.37. The third-order valence-corrected chi connectivity index (χ3v) is 8.69. The van der Waals surface area contributed by atoms with Crippen LogP contribution in [0.25, 0.3) is 33.5 Å². The molecule has 1 atom stereocenters. The van der Waals surface area contributed by atoms with E-state index in [1.165, 1.54) is 18.0 Å². The monoisotopic (exact) mass is 745 g/mol. The Morgan fingerprint density at radius 3 is 2.66 bits per heavy atom. The van der Waals surface area contributed by atoms with Crippen LogP contribution in [0.2, 0.25) is 0 Å². The molecule has 0 fully saturated rings. The van der Waals surface area contributed by atoms with Crippen LogP contribution in [0.4, 0.5) is 0 Å². The molecule has 0 bridgehead atoms. The Labute approximate surface area is 259 Å². The van der Waals surface area contributed by atoms with Gasteiger partial charge >= 0.3 is 5.97 Å². The van der Waals surface area contributed by atoms with Crippen molar-refractivity contribution >= 4 is 81.8 Å². The summed E-state index contributed by atoms with van der Waals surface area (Å²) in [6.07, 6.45) is 0.622. The highest BCUT2D eigenvalue weighted by atomic mass is 79.9. The van der Waals surface area contributed by atoms with Crippen LogP contribution in [0.15, 0.2) is 82.3 Å². The number of esters is 1. The molecule has 0 N–H and O–H groups in total. The van der Waals surface area contributed by atoms with Crippen molar-refractivity contribution in [3.05, 3.63) is 83.9 Å². The van der Waals surface area contributed by atoms with Gasteiger partial charge in [-0.15, -0.1) is 0 Å². The van der Waals surface area contributed by atoms with Crippen LogP contribution in [-0.4, -0.2) is 41.7 Å². The fraction of sp³-hybridized carbons (Fsp3) is 0.172. The number of hydrogen-bond acceptors (Lipinski definition) is 8. The van der Waals surface area contributed by atoms with Gasteiger partial charge in [0.1, 0.15) is 5.58 Å². The summed E-state index contributed by atoms with van der Waals surface area (Å²) in [5.74, 6) is 0.757. The zero-order valence-corrected chi connectivity index (χ0v) is 26.7. The van der Waals surface area contributed by atoms with Crippen molar-refractivity contribution in [2.75, 3.05) is 13.7 Å². The maximum atomic E-state index is 13.6. The number of nitrogens with zero attached hydrogens (tertiary/aromatic N) is 3. The van der Waals surface area contributed by atoms with E-state index in [-0.39, 0.29) is 18.0 Å².